The second kappa shape index (κ2) is 10.4. The largest absolute Gasteiger partial charge is 0.417 e. The lowest BCUT2D eigenvalue weighted by atomic mass is 10.0. The Morgan fingerprint density at radius 2 is 1.67 bits per heavy atom. The van der Waals surface area contributed by atoms with Gasteiger partial charge in [0.1, 0.15) is 5.69 Å². The Labute approximate surface area is 192 Å². The quantitative estimate of drug-likeness (QED) is 0.475. The van der Waals surface area contributed by atoms with Gasteiger partial charge in [-0.05, 0) is 44.8 Å². The third-order valence-corrected chi connectivity index (χ3v) is 6.00. The van der Waals surface area contributed by atoms with Gasteiger partial charge in [0.05, 0.1) is 12.1 Å². The number of para-hydroxylation sites is 1. The molecule has 0 radical (unpaired) electrons. The Hall–Kier alpha value is -2.84. The number of rotatable bonds is 8. The molecule has 0 N–H and O–H groups in total. The lowest BCUT2D eigenvalue weighted by Crippen LogP contribution is -2.47. The van der Waals surface area contributed by atoms with Gasteiger partial charge in [0.25, 0.3) is 0 Å². The van der Waals surface area contributed by atoms with Gasteiger partial charge >= 0.3 is 6.18 Å². The van der Waals surface area contributed by atoms with E-state index in [0.717, 1.165) is 51.8 Å². The van der Waals surface area contributed by atoms with E-state index in [0.29, 0.717) is 12.3 Å². The molecular weight excluding hydrogens is 429 g/mol. The van der Waals surface area contributed by atoms with Crippen LogP contribution in [0.4, 0.5) is 18.9 Å². The van der Waals surface area contributed by atoms with Gasteiger partial charge in [-0.1, -0.05) is 41.6 Å². The Balaban J connectivity index is 1.22. The zero-order valence-electron chi connectivity index (χ0n) is 18.8. The average molecular weight is 459 g/mol. The van der Waals surface area contributed by atoms with Crippen LogP contribution in [0.25, 0.3) is 11.3 Å². The van der Waals surface area contributed by atoms with E-state index in [9.17, 15) is 13.2 Å². The molecule has 1 aliphatic rings. The summed E-state index contributed by atoms with van der Waals surface area (Å²) in [6.07, 6.45) is -3.42. The van der Waals surface area contributed by atoms with Crippen LogP contribution in [-0.2, 0) is 12.7 Å². The van der Waals surface area contributed by atoms with Gasteiger partial charge in [0.15, 0.2) is 5.76 Å². The third kappa shape index (κ3) is 6.15. The van der Waals surface area contributed by atoms with Crippen molar-refractivity contribution in [1.82, 2.24) is 15.0 Å². The third-order valence-electron chi connectivity index (χ3n) is 6.00. The van der Waals surface area contributed by atoms with Crippen molar-refractivity contribution in [3.63, 3.8) is 0 Å². The smallest absolute Gasteiger partial charge is 0.369 e. The molecule has 0 unspecified atom stereocenters. The van der Waals surface area contributed by atoms with Gasteiger partial charge in [0, 0.05) is 43.5 Å². The summed E-state index contributed by atoms with van der Waals surface area (Å²) >= 11 is 0. The highest BCUT2D eigenvalue weighted by molar-refractivity contribution is 5.64. The van der Waals surface area contributed by atoms with Crippen LogP contribution in [0.15, 0.2) is 65.2 Å². The van der Waals surface area contributed by atoms with Crippen molar-refractivity contribution in [2.45, 2.75) is 19.1 Å². The van der Waals surface area contributed by atoms with Gasteiger partial charge < -0.3 is 9.42 Å². The molecule has 2 heterocycles. The minimum absolute atomic E-state index is 0.0392. The van der Waals surface area contributed by atoms with Crippen LogP contribution in [-0.4, -0.2) is 61.3 Å². The zero-order valence-corrected chi connectivity index (χ0v) is 18.8. The molecule has 33 heavy (non-hydrogen) atoms. The fourth-order valence-corrected chi connectivity index (χ4v) is 4.25. The molecule has 0 bridgehead atoms. The summed E-state index contributed by atoms with van der Waals surface area (Å²) in [4.78, 5) is 7.01. The molecule has 1 aliphatic heterocycles. The van der Waals surface area contributed by atoms with Crippen molar-refractivity contribution in [1.29, 1.82) is 0 Å². The summed E-state index contributed by atoms with van der Waals surface area (Å²) in [6, 6.07) is 17.5. The van der Waals surface area contributed by atoms with Gasteiger partial charge in [-0.2, -0.15) is 13.2 Å². The van der Waals surface area contributed by atoms with Gasteiger partial charge in [0.2, 0.25) is 0 Å². The van der Waals surface area contributed by atoms with E-state index in [1.807, 2.05) is 13.1 Å². The Bertz CT molecular complexity index is 1010. The molecular formula is C25H29F3N4O. The second-order valence-electron chi connectivity index (χ2n) is 8.48. The summed E-state index contributed by atoms with van der Waals surface area (Å²) in [5.74, 6) is 0.556. The second-order valence-corrected chi connectivity index (χ2v) is 8.48. The zero-order chi connectivity index (χ0) is 23.3. The van der Waals surface area contributed by atoms with Crippen molar-refractivity contribution < 1.29 is 17.7 Å². The number of hydrogen-bond acceptors (Lipinski definition) is 5. The number of benzene rings is 2. The van der Waals surface area contributed by atoms with Crippen molar-refractivity contribution >= 4 is 5.69 Å². The number of nitrogens with zero attached hydrogens (tertiary/aromatic N) is 4. The highest BCUT2D eigenvalue weighted by Crippen LogP contribution is 2.36. The summed E-state index contributed by atoms with van der Waals surface area (Å²) in [5.41, 5.74) is 0.826. The number of hydrogen-bond donors (Lipinski definition) is 0. The predicted octanol–water partition coefficient (Wildman–Crippen LogP) is 5.00. The number of halogens is 3. The molecule has 8 heteroatoms. The van der Waals surface area contributed by atoms with E-state index in [1.165, 1.54) is 17.8 Å². The summed E-state index contributed by atoms with van der Waals surface area (Å²) in [6.45, 7) is 6.54. The lowest BCUT2D eigenvalue weighted by Gasteiger charge is -2.36. The number of alkyl halides is 3. The van der Waals surface area contributed by atoms with E-state index in [4.69, 9.17) is 4.52 Å². The van der Waals surface area contributed by atoms with Crippen molar-refractivity contribution in [3.05, 3.63) is 72.0 Å². The molecule has 2 aromatic carbocycles. The summed E-state index contributed by atoms with van der Waals surface area (Å²) < 4.78 is 45.2. The van der Waals surface area contributed by atoms with Crippen LogP contribution in [0.2, 0.25) is 0 Å². The summed E-state index contributed by atoms with van der Waals surface area (Å²) in [5, 5.41) is 3.88. The van der Waals surface area contributed by atoms with Crippen molar-refractivity contribution in [2.75, 3.05) is 51.2 Å². The number of piperazine rings is 1. The Morgan fingerprint density at radius 3 is 2.39 bits per heavy atom. The van der Waals surface area contributed by atoms with E-state index in [2.05, 4.69) is 44.1 Å². The number of aromatic nitrogens is 1. The SMILES string of the molecule is CN(CCCN1CCN(c2ccccc2)CC1)Cc1cc(-c2ccccc2C(F)(F)F)no1. The first-order valence-corrected chi connectivity index (χ1v) is 11.2. The lowest BCUT2D eigenvalue weighted by molar-refractivity contribution is -0.137. The van der Waals surface area contributed by atoms with E-state index < -0.39 is 11.7 Å². The molecule has 1 aromatic heterocycles. The highest BCUT2D eigenvalue weighted by Gasteiger charge is 2.34. The van der Waals surface area contributed by atoms with Crippen LogP contribution < -0.4 is 4.90 Å². The van der Waals surface area contributed by atoms with E-state index in [-0.39, 0.29) is 11.3 Å². The first-order valence-electron chi connectivity index (χ1n) is 11.2. The predicted molar refractivity (Wildman–Crippen MR) is 123 cm³/mol. The standard InChI is InChI=1S/C25H29F3N4O/c1-30(12-7-13-31-14-16-32(17-15-31)20-8-3-2-4-9-20)19-21-18-24(29-33-21)22-10-5-6-11-23(22)25(26,27)28/h2-6,8-11,18H,7,12-17,19H2,1H3. The molecule has 1 saturated heterocycles. The molecule has 3 aromatic rings. The molecule has 0 saturated carbocycles. The maximum atomic E-state index is 13.3. The minimum Gasteiger partial charge on any atom is -0.369 e. The van der Waals surface area contributed by atoms with Gasteiger partial charge in [-0.3, -0.25) is 9.80 Å². The maximum Gasteiger partial charge on any atom is 0.417 e. The van der Waals surface area contributed by atoms with Crippen LogP contribution in [0.3, 0.4) is 0 Å². The first kappa shape index (κ1) is 23.3. The molecule has 4 rings (SSSR count). The molecule has 0 atom stereocenters. The van der Waals surface area contributed by atoms with E-state index >= 15 is 0 Å². The normalized spacial score (nSPS) is 15.4. The fourth-order valence-electron chi connectivity index (χ4n) is 4.25. The van der Waals surface area contributed by atoms with Gasteiger partial charge in [-0.25, -0.2) is 0 Å². The molecule has 5 nitrogen and oxygen atoms in total. The van der Waals surface area contributed by atoms with Crippen molar-refractivity contribution in [3.8, 4) is 11.3 Å². The maximum absolute atomic E-state index is 13.3. The number of anilines is 1. The molecule has 1 fully saturated rings. The Kier molecular flexibility index (Phi) is 7.35. The summed E-state index contributed by atoms with van der Waals surface area (Å²) in [7, 11) is 1.99. The molecule has 176 valence electrons. The first-order chi connectivity index (χ1) is 15.9. The van der Waals surface area contributed by atoms with Crippen LogP contribution in [0, 0.1) is 0 Å². The Morgan fingerprint density at radius 1 is 0.970 bits per heavy atom. The van der Waals surface area contributed by atoms with Crippen molar-refractivity contribution in [2.24, 2.45) is 0 Å². The molecule has 0 spiro atoms. The van der Waals surface area contributed by atoms with E-state index in [1.54, 1.807) is 12.1 Å². The van der Waals surface area contributed by atoms with Crippen LogP contribution >= 0.6 is 0 Å². The fraction of sp³-hybridized carbons (Fsp3) is 0.400. The minimum atomic E-state index is -4.43. The highest BCUT2D eigenvalue weighted by atomic mass is 19.4. The topological polar surface area (TPSA) is 35.8 Å². The van der Waals surface area contributed by atoms with Crippen LogP contribution in [0.5, 0.6) is 0 Å². The average Bonchev–Trinajstić information content (AvgIpc) is 3.28. The molecule has 0 amide bonds. The van der Waals surface area contributed by atoms with Gasteiger partial charge in [-0.15, -0.1) is 0 Å². The van der Waals surface area contributed by atoms with Crippen LogP contribution in [0.1, 0.15) is 17.7 Å². The monoisotopic (exact) mass is 458 g/mol. The molecule has 0 aliphatic carbocycles.